The van der Waals surface area contributed by atoms with E-state index >= 15 is 0 Å². The zero-order valence-electron chi connectivity index (χ0n) is 14.2. The predicted molar refractivity (Wildman–Crippen MR) is 115 cm³/mol. The number of aromatic nitrogens is 2. The molecule has 0 saturated carbocycles. The molecule has 2 N–H and O–H groups in total. The van der Waals surface area contributed by atoms with Crippen LogP contribution in [0.25, 0.3) is 11.6 Å². The molecule has 0 spiro atoms. The van der Waals surface area contributed by atoms with E-state index in [1.54, 1.807) is 24.3 Å². The third kappa shape index (κ3) is 3.79. The number of allylic oxidation sites excluding steroid dienone is 1. The lowest BCUT2D eigenvalue weighted by molar-refractivity contribution is -0.113. The van der Waals surface area contributed by atoms with Gasteiger partial charge in [-0.1, -0.05) is 67.0 Å². The predicted octanol–water partition coefficient (Wildman–Crippen LogP) is 5.26. The van der Waals surface area contributed by atoms with E-state index in [2.05, 4.69) is 9.97 Å². The number of fused-ring (bicyclic) bond motifs is 1. The molecule has 0 radical (unpaired) electrons. The summed E-state index contributed by atoms with van der Waals surface area (Å²) in [6.45, 7) is 0. The molecule has 4 rings (SSSR count). The second-order valence-electron chi connectivity index (χ2n) is 6.30. The van der Waals surface area contributed by atoms with E-state index in [0.717, 1.165) is 5.56 Å². The van der Waals surface area contributed by atoms with Gasteiger partial charge >= 0.3 is 0 Å². The van der Waals surface area contributed by atoms with Crippen LogP contribution in [0.2, 0.25) is 10.0 Å². The Morgan fingerprint density at radius 1 is 0.964 bits per heavy atom. The summed E-state index contributed by atoms with van der Waals surface area (Å²) in [5.74, 6) is 0.846. The monoisotopic (exact) mass is 411 g/mol. The summed E-state index contributed by atoms with van der Waals surface area (Å²) >= 11 is 12.5. The second kappa shape index (κ2) is 8.13. The van der Waals surface area contributed by atoms with Gasteiger partial charge in [-0.05, 0) is 23.8 Å². The van der Waals surface area contributed by atoms with E-state index in [1.807, 2.05) is 30.3 Å². The number of Topliss-reactive ketones (excluding diaryl/α,β-unsaturated/α-hetero) is 1. The maximum Gasteiger partial charge on any atom is 0.169 e. The van der Waals surface area contributed by atoms with E-state index in [1.165, 1.54) is 0 Å². The summed E-state index contributed by atoms with van der Waals surface area (Å²) in [6, 6.07) is 15.0. The van der Waals surface area contributed by atoms with Crippen LogP contribution in [0.5, 0.6) is 0 Å². The van der Waals surface area contributed by atoms with Crippen molar-refractivity contribution < 1.29 is 4.79 Å². The summed E-state index contributed by atoms with van der Waals surface area (Å²) in [5.41, 5.74) is 9.50. The van der Waals surface area contributed by atoms with E-state index in [9.17, 15) is 4.79 Å². The number of rotatable bonds is 3. The highest BCUT2D eigenvalue weighted by Gasteiger charge is 2.26. The Morgan fingerprint density at radius 3 is 2.32 bits per heavy atom. The van der Waals surface area contributed by atoms with Gasteiger partial charge in [-0.2, -0.15) is 0 Å². The van der Waals surface area contributed by atoms with Crippen LogP contribution < -0.4 is 5.73 Å². The maximum absolute atomic E-state index is 12.8. The van der Waals surface area contributed by atoms with Gasteiger partial charge < -0.3 is 5.73 Å². The lowest BCUT2D eigenvalue weighted by Gasteiger charge is -2.18. The van der Waals surface area contributed by atoms with Gasteiger partial charge in [0.2, 0.25) is 0 Å². The van der Waals surface area contributed by atoms with Gasteiger partial charge in [-0.25, -0.2) is 9.97 Å². The summed E-state index contributed by atoms with van der Waals surface area (Å²) in [6.07, 6.45) is 2.38. The highest BCUT2D eigenvalue weighted by molar-refractivity contribution is 6.42. The molecule has 142 valence electrons. The van der Waals surface area contributed by atoms with Crippen molar-refractivity contribution in [1.82, 2.24) is 9.97 Å². The third-order valence-corrected chi connectivity index (χ3v) is 5.08. The molecule has 0 bridgehead atoms. The Kier molecular flexibility index (Phi) is 5.82. The normalized spacial score (nSPS) is 12.8. The fourth-order valence-electron chi connectivity index (χ4n) is 3.18. The Labute approximate surface area is 174 Å². The van der Waals surface area contributed by atoms with Crippen LogP contribution in [0, 0.1) is 0 Å². The molecule has 28 heavy (non-hydrogen) atoms. The molecule has 1 heterocycles. The first-order chi connectivity index (χ1) is 13.0. The number of anilines is 1. The fraction of sp³-hybridized carbons (Fsp3) is 0.136. The number of nitrogens with zero attached hydrogens (tertiary/aromatic N) is 2. The minimum Gasteiger partial charge on any atom is -0.383 e. The smallest absolute Gasteiger partial charge is 0.169 e. The zero-order valence-corrected chi connectivity index (χ0v) is 15.8. The summed E-state index contributed by atoms with van der Waals surface area (Å²) in [7, 11) is 0. The lowest BCUT2D eigenvalue weighted by Crippen LogP contribution is -2.17. The lowest BCUT2D eigenvalue weighted by atomic mass is 9.90. The first kappa shape index (κ1) is 20.1. The SMILES string of the molecule is C.Nc1nc(Cc2ccccc2)nc2c1C=C(c1c(Cl)cccc1Cl)C(=O)C2. The van der Waals surface area contributed by atoms with Crippen LogP contribution in [0.1, 0.15) is 35.6 Å². The van der Waals surface area contributed by atoms with E-state index < -0.39 is 0 Å². The standard InChI is InChI=1S/C21H15Cl2N3O.CH4/c22-15-7-4-8-16(23)20(15)14-10-13-17(11-18(14)27)25-19(26-21(13)24)9-12-5-2-1-3-6-12;/h1-8,10H,9,11H2,(H2,24,25,26);1H4. The largest absolute Gasteiger partial charge is 0.383 e. The zero-order chi connectivity index (χ0) is 19.0. The highest BCUT2D eigenvalue weighted by atomic mass is 35.5. The number of carbonyl (C=O) groups is 1. The van der Waals surface area contributed by atoms with Gasteiger partial charge in [0.25, 0.3) is 0 Å². The van der Waals surface area contributed by atoms with Gasteiger partial charge in [-0.3, -0.25) is 4.79 Å². The Balaban J connectivity index is 0.00000225. The van der Waals surface area contributed by atoms with Crippen molar-refractivity contribution in [2.45, 2.75) is 20.3 Å². The van der Waals surface area contributed by atoms with E-state index in [-0.39, 0.29) is 19.6 Å². The fourth-order valence-corrected chi connectivity index (χ4v) is 3.78. The molecule has 4 nitrogen and oxygen atoms in total. The molecule has 1 aromatic heterocycles. The Hall–Kier alpha value is -2.69. The maximum atomic E-state index is 12.8. The van der Waals surface area contributed by atoms with Crippen molar-refractivity contribution in [2.75, 3.05) is 5.73 Å². The van der Waals surface area contributed by atoms with Gasteiger partial charge in [0.05, 0.1) is 22.2 Å². The number of halogens is 2. The topological polar surface area (TPSA) is 68.9 Å². The van der Waals surface area contributed by atoms with Crippen LogP contribution in [-0.4, -0.2) is 15.8 Å². The second-order valence-corrected chi connectivity index (χ2v) is 7.12. The van der Waals surface area contributed by atoms with E-state index in [0.29, 0.717) is 50.5 Å². The number of benzene rings is 2. The first-order valence-electron chi connectivity index (χ1n) is 8.41. The molecule has 2 aromatic carbocycles. The first-order valence-corrected chi connectivity index (χ1v) is 9.17. The molecule has 6 heteroatoms. The molecule has 0 atom stereocenters. The Bertz CT molecular complexity index is 1060. The van der Waals surface area contributed by atoms with Crippen molar-refractivity contribution in [1.29, 1.82) is 0 Å². The molecular formula is C22H19Cl2N3O. The molecular weight excluding hydrogens is 393 g/mol. The van der Waals surface area contributed by atoms with Crippen molar-refractivity contribution >= 4 is 46.5 Å². The van der Waals surface area contributed by atoms with Crippen LogP contribution in [0.4, 0.5) is 5.82 Å². The molecule has 0 saturated heterocycles. The molecule has 0 fully saturated rings. The van der Waals surface area contributed by atoms with Gasteiger partial charge in [0.1, 0.15) is 11.6 Å². The van der Waals surface area contributed by atoms with Crippen molar-refractivity contribution in [3.63, 3.8) is 0 Å². The highest BCUT2D eigenvalue weighted by Crippen LogP contribution is 2.37. The number of nitrogen functional groups attached to an aromatic ring is 1. The molecule has 0 unspecified atom stereocenters. The van der Waals surface area contributed by atoms with Crippen LogP contribution in [0.3, 0.4) is 0 Å². The molecule has 0 amide bonds. The van der Waals surface area contributed by atoms with Gasteiger partial charge in [0, 0.05) is 23.1 Å². The minimum atomic E-state index is -0.0961. The number of hydrogen-bond donors (Lipinski definition) is 1. The molecule has 1 aliphatic rings. The number of ketones is 1. The van der Waals surface area contributed by atoms with Crippen LogP contribution >= 0.6 is 23.2 Å². The molecule has 1 aliphatic carbocycles. The van der Waals surface area contributed by atoms with Crippen LogP contribution in [0.15, 0.2) is 48.5 Å². The summed E-state index contributed by atoms with van der Waals surface area (Å²) in [5, 5.41) is 0.844. The average molecular weight is 412 g/mol. The average Bonchev–Trinajstić information content (AvgIpc) is 2.63. The summed E-state index contributed by atoms with van der Waals surface area (Å²) < 4.78 is 0. The quantitative estimate of drug-likeness (QED) is 0.637. The number of carbonyl (C=O) groups excluding carboxylic acids is 1. The van der Waals surface area contributed by atoms with Crippen molar-refractivity contribution in [3.05, 3.63) is 86.8 Å². The molecule has 3 aromatic rings. The van der Waals surface area contributed by atoms with Crippen LogP contribution in [-0.2, 0) is 17.6 Å². The number of nitrogens with two attached hydrogens (primary N) is 1. The van der Waals surface area contributed by atoms with E-state index in [4.69, 9.17) is 28.9 Å². The Morgan fingerprint density at radius 2 is 1.64 bits per heavy atom. The van der Waals surface area contributed by atoms with Crippen molar-refractivity contribution in [3.8, 4) is 0 Å². The third-order valence-electron chi connectivity index (χ3n) is 4.45. The van der Waals surface area contributed by atoms with Gasteiger partial charge in [-0.15, -0.1) is 0 Å². The molecule has 0 aliphatic heterocycles. The van der Waals surface area contributed by atoms with Gasteiger partial charge in [0.15, 0.2) is 5.78 Å². The summed E-state index contributed by atoms with van der Waals surface area (Å²) in [4.78, 5) is 21.8. The minimum absolute atomic E-state index is 0. The van der Waals surface area contributed by atoms with Crippen molar-refractivity contribution in [2.24, 2.45) is 0 Å². The number of hydrogen-bond acceptors (Lipinski definition) is 4.